The quantitative estimate of drug-likeness (QED) is 0.752. The van der Waals surface area contributed by atoms with Crippen LogP contribution in [0, 0.1) is 0 Å². The zero-order chi connectivity index (χ0) is 7.40. The lowest BCUT2D eigenvalue weighted by Gasteiger charge is -2.10. The zero-order valence-electron chi connectivity index (χ0n) is 6.40. The molecular formula is C8H11BrN2. The van der Waals surface area contributed by atoms with Crippen LogP contribution in [-0.2, 0) is 0 Å². The summed E-state index contributed by atoms with van der Waals surface area (Å²) in [6.45, 7) is 3.62. The Morgan fingerprint density at radius 1 is 1.55 bits per heavy atom. The SMILES string of the molecule is Br.C=CN(C)c1ccccn1. The molecule has 1 aromatic rings. The predicted molar refractivity (Wildman–Crippen MR) is 53.2 cm³/mol. The average Bonchev–Trinajstić information content (AvgIpc) is 2.05. The van der Waals surface area contributed by atoms with Crippen molar-refractivity contribution in [2.75, 3.05) is 11.9 Å². The number of anilines is 1. The molecule has 1 rings (SSSR count). The summed E-state index contributed by atoms with van der Waals surface area (Å²) in [5.74, 6) is 0.914. The van der Waals surface area contributed by atoms with Crippen LogP contribution in [0.4, 0.5) is 5.82 Å². The Hall–Kier alpha value is -0.830. The summed E-state index contributed by atoms with van der Waals surface area (Å²) < 4.78 is 0. The number of nitrogens with zero attached hydrogens (tertiary/aromatic N) is 2. The topological polar surface area (TPSA) is 16.1 Å². The highest BCUT2D eigenvalue weighted by Crippen LogP contribution is 2.05. The second kappa shape index (κ2) is 4.91. The molecule has 0 aliphatic heterocycles. The van der Waals surface area contributed by atoms with Crippen molar-refractivity contribution in [3.8, 4) is 0 Å². The number of hydrogen-bond donors (Lipinski definition) is 0. The molecule has 1 aromatic heterocycles. The minimum Gasteiger partial charge on any atom is -0.337 e. The van der Waals surface area contributed by atoms with Gasteiger partial charge in [-0.2, -0.15) is 0 Å². The van der Waals surface area contributed by atoms with E-state index in [0.717, 1.165) is 5.82 Å². The molecule has 0 aliphatic carbocycles. The largest absolute Gasteiger partial charge is 0.337 e. The number of pyridine rings is 1. The number of hydrogen-bond acceptors (Lipinski definition) is 2. The van der Waals surface area contributed by atoms with E-state index in [4.69, 9.17) is 0 Å². The molecule has 0 unspecified atom stereocenters. The minimum atomic E-state index is 0. The smallest absolute Gasteiger partial charge is 0.132 e. The third-order valence-corrected chi connectivity index (χ3v) is 1.28. The molecule has 0 saturated heterocycles. The molecule has 3 heteroatoms. The summed E-state index contributed by atoms with van der Waals surface area (Å²) in [6.07, 6.45) is 3.48. The maximum absolute atomic E-state index is 4.10. The van der Waals surface area contributed by atoms with Gasteiger partial charge in [0.25, 0.3) is 0 Å². The van der Waals surface area contributed by atoms with Crippen LogP contribution in [0.1, 0.15) is 0 Å². The molecule has 0 spiro atoms. The average molecular weight is 215 g/mol. The van der Waals surface area contributed by atoms with Gasteiger partial charge in [0.05, 0.1) is 0 Å². The van der Waals surface area contributed by atoms with Crippen LogP contribution in [0.5, 0.6) is 0 Å². The Bertz CT molecular complexity index is 211. The third-order valence-electron chi connectivity index (χ3n) is 1.28. The van der Waals surface area contributed by atoms with Crippen molar-refractivity contribution in [1.82, 2.24) is 4.98 Å². The van der Waals surface area contributed by atoms with Crippen LogP contribution >= 0.6 is 17.0 Å². The van der Waals surface area contributed by atoms with E-state index in [-0.39, 0.29) is 17.0 Å². The van der Waals surface area contributed by atoms with Crippen molar-refractivity contribution >= 4 is 22.8 Å². The standard InChI is InChI=1S/C8H10N2.BrH/c1-3-10(2)8-6-4-5-7-9-8;/h3-7H,1H2,2H3;1H. The van der Waals surface area contributed by atoms with Gasteiger partial charge in [0, 0.05) is 13.2 Å². The first-order valence-corrected chi connectivity index (χ1v) is 3.11. The Balaban J connectivity index is 0.000001000. The summed E-state index contributed by atoms with van der Waals surface area (Å²) in [4.78, 5) is 5.97. The van der Waals surface area contributed by atoms with Gasteiger partial charge in [-0.15, -0.1) is 17.0 Å². The van der Waals surface area contributed by atoms with E-state index >= 15 is 0 Å². The highest BCUT2D eigenvalue weighted by molar-refractivity contribution is 8.93. The van der Waals surface area contributed by atoms with Crippen molar-refractivity contribution in [3.63, 3.8) is 0 Å². The van der Waals surface area contributed by atoms with Crippen LogP contribution in [0.15, 0.2) is 37.2 Å². The Kier molecular flexibility index (Phi) is 4.54. The van der Waals surface area contributed by atoms with Crippen LogP contribution in [0.2, 0.25) is 0 Å². The normalized spacial score (nSPS) is 8.09. The maximum atomic E-state index is 4.10. The molecule has 60 valence electrons. The molecular weight excluding hydrogens is 204 g/mol. The highest BCUT2D eigenvalue weighted by atomic mass is 79.9. The van der Waals surface area contributed by atoms with E-state index in [9.17, 15) is 0 Å². The first-order valence-electron chi connectivity index (χ1n) is 3.11. The predicted octanol–water partition coefficient (Wildman–Crippen LogP) is 2.24. The molecule has 1 heterocycles. The van der Waals surface area contributed by atoms with E-state index in [1.807, 2.05) is 30.1 Å². The summed E-state index contributed by atoms with van der Waals surface area (Å²) in [5, 5.41) is 0. The van der Waals surface area contributed by atoms with Crippen molar-refractivity contribution in [2.24, 2.45) is 0 Å². The molecule has 11 heavy (non-hydrogen) atoms. The molecule has 0 radical (unpaired) electrons. The summed E-state index contributed by atoms with van der Waals surface area (Å²) in [7, 11) is 1.91. The summed E-state index contributed by atoms with van der Waals surface area (Å²) in [6, 6.07) is 5.77. The van der Waals surface area contributed by atoms with Crippen molar-refractivity contribution in [2.45, 2.75) is 0 Å². The van der Waals surface area contributed by atoms with E-state index < -0.39 is 0 Å². The van der Waals surface area contributed by atoms with Gasteiger partial charge in [-0.05, 0) is 18.3 Å². The fraction of sp³-hybridized carbons (Fsp3) is 0.125. The molecule has 0 bridgehead atoms. The molecule has 0 saturated carbocycles. The van der Waals surface area contributed by atoms with Gasteiger partial charge in [-0.1, -0.05) is 12.6 Å². The van der Waals surface area contributed by atoms with Crippen LogP contribution in [0.25, 0.3) is 0 Å². The lowest BCUT2D eigenvalue weighted by Crippen LogP contribution is -2.07. The van der Waals surface area contributed by atoms with Gasteiger partial charge >= 0.3 is 0 Å². The third kappa shape index (κ3) is 2.72. The van der Waals surface area contributed by atoms with E-state index in [2.05, 4.69) is 11.6 Å². The number of aromatic nitrogens is 1. The lowest BCUT2D eigenvalue weighted by molar-refractivity contribution is 1.13. The lowest BCUT2D eigenvalue weighted by atomic mass is 10.4. The highest BCUT2D eigenvalue weighted by Gasteiger charge is 1.92. The van der Waals surface area contributed by atoms with Gasteiger partial charge in [0.2, 0.25) is 0 Å². The second-order valence-corrected chi connectivity index (χ2v) is 1.98. The Morgan fingerprint density at radius 3 is 2.73 bits per heavy atom. The van der Waals surface area contributed by atoms with Crippen molar-refractivity contribution < 1.29 is 0 Å². The molecule has 0 amide bonds. The number of halogens is 1. The second-order valence-electron chi connectivity index (χ2n) is 1.98. The van der Waals surface area contributed by atoms with Crippen LogP contribution in [0.3, 0.4) is 0 Å². The van der Waals surface area contributed by atoms with Gasteiger partial charge in [-0.3, -0.25) is 0 Å². The monoisotopic (exact) mass is 214 g/mol. The van der Waals surface area contributed by atoms with Gasteiger partial charge in [0.1, 0.15) is 5.82 Å². The molecule has 0 aliphatic rings. The van der Waals surface area contributed by atoms with Crippen LogP contribution < -0.4 is 4.90 Å². The fourth-order valence-electron chi connectivity index (χ4n) is 0.656. The summed E-state index contributed by atoms with van der Waals surface area (Å²) in [5.41, 5.74) is 0. The Morgan fingerprint density at radius 2 is 2.27 bits per heavy atom. The molecule has 0 atom stereocenters. The molecule has 0 fully saturated rings. The fourth-order valence-corrected chi connectivity index (χ4v) is 0.656. The maximum Gasteiger partial charge on any atom is 0.132 e. The molecule has 0 aromatic carbocycles. The summed E-state index contributed by atoms with van der Waals surface area (Å²) >= 11 is 0. The van der Waals surface area contributed by atoms with E-state index in [0.29, 0.717) is 0 Å². The zero-order valence-corrected chi connectivity index (χ0v) is 8.11. The van der Waals surface area contributed by atoms with Crippen molar-refractivity contribution in [3.05, 3.63) is 37.2 Å². The van der Waals surface area contributed by atoms with Gasteiger partial charge in [-0.25, -0.2) is 4.98 Å². The van der Waals surface area contributed by atoms with Gasteiger partial charge in [0.15, 0.2) is 0 Å². The first-order chi connectivity index (χ1) is 4.84. The number of rotatable bonds is 2. The molecule has 2 nitrogen and oxygen atoms in total. The Labute approximate surface area is 77.3 Å². The van der Waals surface area contributed by atoms with Crippen molar-refractivity contribution in [1.29, 1.82) is 0 Å². The first kappa shape index (κ1) is 10.2. The van der Waals surface area contributed by atoms with E-state index in [1.165, 1.54) is 0 Å². The van der Waals surface area contributed by atoms with Gasteiger partial charge < -0.3 is 4.90 Å². The van der Waals surface area contributed by atoms with Crippen LogP contribution in [-0.4, -0.2) is 12.0 Å². The molecule has 0 N–H and O–H groups in total. The minimum absolute atomic E-state index is 0. The van der Waals surface area contributed by atoms with E-state index in [1.54, 1.807) is 12.4 Å².